The van der Waals surface area contributed by atoms with Gasteiger partial charge in [0.2, 0.25) is 0 Å². The number of benzene rings is 2. The lowest BCUT2D eigenvalue weighted by atomic mass is 9.51. The molecule has 0 aliphatic heterocycles. The number of anilines is 1. The number of carbonyl (C=O) groups is 2. The second-order valence-electron chi connectivity index (χ2n) is 10.1. The van der Waals surface area contributed by atoms with Crippen molar-refractivity contribution in [2.24, 2.45) is 0 Å². The summed E-state index contributed by atoms with van der Waals surface area (Å²) in [7, 11) is 0. The molecule has 2 aromatic carbocycles. The van der Waals surface area contributed by atoms with Crippen LogP contribution in [-0.4, -0.2) is 22.3 Å². The number of aromatic nitrogens is 1. The van der Waals surface area contributed by atoms with Gasteiger partial charge in [0.15, 0.2) is 5.76 Å². The summed E-state index contributed by atoms with van der Waals surface area (Å²) in [6, 6.07) is 15.3. The second kappa shape index (κ2) is 9.62. The summed E-state index contributed by atoms with van der Waals surface area (Å²) in [6.07, 6.45) is 6.28. The molecule has 3 fully saturated rings. The van der Waals surface area contributed by atoms with E-state index in [1.165, 1.54) is 5.56 Å². The van der Waals surface area contributed by atoms with Crippen molar-refractivity contribution in [2.75, 3.05) is 5.32 Å². The molecule has 3 saturated carbocycles. The lowest BCUT2D eigenvalue weighted by molar-refractivity contribution is -0.136. The van der Waals surface area contributed by atoms with E-state index in [4.69, 9.17) is 26.0 Å². The molecule has 188 valence electrons. The predicted molar refractivity (Wildman–Crippen MR) is 135 cm³/mol. The van der Waals surface area contributed by atoms with Gasteiger partial charge in [0.05, 0.1) is 12.6 Å². The Bertz CT molecular complexity index is 1240. The smallest absolute Gasteiger partial charge is 0.412 e. The Morgan fingerprint density at radius 3 is 2.33 bits per heavy atom. The Balaban J connectivity index is 1.26. The fourth-order valence-corrected chi connectivity index (χ4v) is 6.28. The van der Waals surface area contributed by atoms with Gasteiger partial charge in [-0.2, -0.15) is 0 Å². The minimum absolute atomic E-state index is 0.0390. The van der Waals surface area contributed by atoms with Gasteiger partial charge >= 0.3 is 12.1 Å². The van der Waals surface area contributed by atoms with Crippen LogP contribution in [0.3, 0.4) is 0 Å². The normalized spacial score (nSPS) is 23.7. The van der Waals surface area contributed by atoms with Gasteiger partial charge in [-0.3, -0.25) is 10.1 Å². The summed E-state index contributed by atoms with van der Waals surface area (Å²) in [5.41, 5.74) is 3.32. The van der Waals surface area contributed by atoms with E-state index in [2.05, 4.69) is 22.6 Å². The second-order valence-corrected chi connectivity index (χ2v) is 10.5. The molecule has 3 aromatic rings. The van der Waals surface area contributed by atoms with Gasteiger partial charge < -0.3 is 14.4 Å². The largest absolute Gasteiger partial charge is 0.481 e. The van der Waals surface area contributed by atoms with E-state index in [9.17, 15) is 9.59 Å². The van der Waals surface area contributed by atoms with Gasteiger partial charge in [-0.1, -0.05) is 59.2 Å². The minimum Gasteiger partial charge on any atom is -0.481 e. The van der Waals surface area contributed by atoms with E-state index in [0.717, 1.165) is 55.4 Å². The third kappa shape index (κ3) is 4.60. The number of carboxylic acids is 1. The maximum atomic E-state index is 12.7. The van der Waals surface area contributed by atoms with Crippen molar-refractivity contribution < 1.29 is 24.0 Å². The van der Waals surface area contributed by atoms with Crippen LogP contribution in [0, 0.1) is 0 Å². The third-order valence-electron chi connectivity index (χ3n) is 8.08. The summed E-state index contributed by atoms with van der Waals surface area (Å²) in [4.78, 5) is 23.7. The van der Waals surface area contributed by atoms with E-state index in [-0.39, 0.29) is 17.3 Å². The van der Waals surface area contributed by atoms with Crippen LogP contribution in [0.15, 0.2) is 59.3 Å². The molecule has 3 aliphatic rings. The van der Waals surface area contributed by atoms with Crippen LogP contribution in [0.25, 0.3) is 0 Å². The summed E-state index contributed by atoms with van der Waals surface area (Å²) >= 11 is 6.24. The molecule has 1 unspecified atom stereocenters. The molecule has 1 heterocycles. The highest BCUT2D eigenvalue weighted by atomic mass is 35.5. The standard InChI is InChI=1S/C28H29ClN2O5/c1-18(21-4-2-3-5-22(21)29)35-26(34)31-23-17-30-36-25(23)28-13-10-27(11-14-28,12-15-28)20-8-6-19(7-9-20)16-24(32)33/h2-9,17-18H,10-16H2,1H3,(H,31,34)(H,32,33). The zero-order valence-electron chi connectivity index (χ0n) is 20.1. The van der Waals surface area contributed by atoms with Gasteiger partial charge in [0.25, 0.3) is 0 Å². The van der Waals surface area contributed by atoms with Crippen LogP contribution >= 0.6 is 11.6 Å². The Labute approximate surface area is 214 Å². The Morgan fingerprint density at radius 1 is 1.06 bits per heavy atom. The van der Waals surface area contributed by atoms with Crippen LogP contribution in [0.5, 0.6) is 0 Å². The number of fused-ring (bicyclic) bond motifs is 3. The molecule has 6 rings (SSSR count). The van der Waals surface area contributed by atoms with E-state index >= 15 is 0 Å². The van der Waals surface area contributed by atoms with Gasteiger partial charge in [-0.25, -0.2) is 4.79 Å². The number of hydrogen-bond acceptors (Lipinski definition) is 5. The lowest BCUT2D eigenvalue weighted by Crippen LogP contribution is -2.46. The number of hydrogen-bond donors (Lipinski definition) is 2. The van der Waals surface area contributed by atoms with Gasteiger partial charge in [-0.05, 0) is 68.1 Å². The maximum Gasteiger partial charge on any atom is 0.412 e. The van der Waals surface area contributed by atoms with E-state index in [1.54, 1.807) is 19.2 Å². The van der Waals surface area contributed by atoms with Crippen LogP contribution in [0.1, 0.15) is 74.0 Å². The van der Waals surface area contributed by atoms with Crippen LogP contribution in [0.2, 0.25) is 5.02 Å². The van der Waals surface area contributed by atoms with Gasteiger partial charge in [0.1, 0.15) is 11.8 Å². The first-order valence-corrected chi connectivity index (χ1v) is 12.7. The zero-order chi connectivity index (χ0) is 25.3. The van der Waals surface area contributed by atoms with Crippen molar-refractivity contribution in [3.8, 4) is 0 Å². The summed E-state index contributed by atoms with van der Waals surface area (Å²) < 4.78 is 11.3. The van der Waals surface area contributed by atoms with E-state index in [0.29, 0.717) is 10.7 Å². The molecule has 8 heteroatoms. The molecule has 3 aliphatic carbocycles. The molecule has 2 bridgehead atoms. The summed E-state index contributed by atoms with van der Waals surface area (Å²) in [5, 5.41) is 16.4. The maximum absolute atomic E-state index is 12.7. The Hall–Kier alpha value is -3.32. The quantitative estimate of drug-likeness (QED) is 0.363. The molecule has 0 radical (unpaired) electrons. The molecule has 0 spiro atoms. The van der Waals surface area contributed by atoms with Crippen LogP contribution in [0.4, 0.5) is 10.5 Å². The molecule has 2 N–H and O–H groups in total. The van der Waals surface area contributed by atoms with Crippen molar-refractivity contribution in [3.63, 3.8) is 0 Å². The number of aliphatic carboxylic acids is 1. The van der Waals surface area contributed by atoms with Crippen LogP contribution in [-0.2, 0) is 26.8 Å². The first kappa shape index (κ1) is 24.4. The highest BCUT2D eigenvalue weighted by Crippen LogP contribution is 2.59. The molecular weight excluding hydrogens is 480 g/mol. The zero-order valence-corrected chi connectivity index (χ0v) is 20.9. The number of halogens is 1. The Kier molecular flexibility index (Phi) is 6.51. The van der Waals surface area contributed by atoms with Crippen molar-refractivity contribution >= 4 is 29.4 Å². The SMILES string of the molecule is CC(OC(=O)Nc1cnoc1C12CCC(c3ccc(CC(=O)O)cc3)(CC1)CC2)c1ccccc1Cl. The molecule has 1 aromatic heterocycles. The topological polar surface area (TPSA) is 102 Å². The third-order valence-corrected chi connectivity index (χ3v) is 8.43. The number of nitrogens with one attached hydrogen (secondary N) is 1. The molecule has 0 saturated heterocycles. The minimum atomic E-state index is -0.820. The highest BCUT2D eigenvalue weighted by Gasteiger charge is 2.52. The van der Waals surface area contributed by atoms with Crippen molar-refractivity contribution in [1.29, 1.82) is 0 Å². The summed E-state index contributed by atoms with van der Waals surface area (Å²) in [5.74, 6) is -0.102. The number of rotatable bonds is 7. The summed E-state index contributed by atoms with van der Waals surface area (Å²) in [6.45, 7) is 1.78. The predicted octanol–water partition coefficient (Wildman–Crippen LogP) is 6.81. The molecule has 1 amide bonds. The number of ether oxygens (including phenoxy) is 1. The molecule has 7 nitrogen and oxygen atoms in total. The average Bonchev–Trinajstić information content (AvgIpc) is 3.34. The highest BCUT2D eigenvalue weighted by molar-refractivity contribution is 6.31. The van der Waals surface area contributed by atoms with Crippen molar-refractivity contribution in [1.82, 2.24) is 5.16 Å². The van der Waals surface area contributed by atoms with Gasteiger partial charge in [-0.15, -0.1) is 0 Å². The number of nitrogens with zero attached hydrogens (tertiary/aromatic N) is 1. The average molecular weight is 509 g/mol. The molecule has 1 atom stereocenters. The van der Waals surface area contributed by atoms with Crippen molar-refractivity contribution in [3.05, 3.63) is 82.2 Å². The first-order valence-electron chi connectivity index (χ1n) is 12.3. The molecule has 36 heavy (non-hydrogen) atoms. The fourth-order valence-electron chi connectivity index (χ4n) is 5.99. The van der Waals surface area contributed by atoms with Crippen molar-refractivity contribution in [2.45, 2.75) is 68.8 Å². The van der Waals surface area contributed by atoms with Gasteiger partial charge in [0, 0.05) is 16.0 Å². The Morgan fingerprint density at radius 2 is 1.69 bits per heavy atom. The number of amides is 1. The first-order chi connectivity index (χ1) is 17.3. The fraction of sp³-hybridized carbons (Fsp3) is 0.393. The van der Waals surface area contributed by atoms with Crippen LogP contribution < -0.4 is 5.32 Å². The van der Waals surface area contributed by atoms with E-state index < -0.39 is 18.2 Å². The monoisotopic (exact) mass is 508 g/mol. The number of carboxylic acid groups (broad SMARTS) is 1. The lowest BCUT2D eigenvalue weighted by Gasteiger charge is -2.53. The molecular formula is C28H29ClN2O5. The van der Waals surface area contributed by atoms with E-state index in [1.807, 2.05) is 30.3 Å². The number of carbonyl (C=O) groups excluding carboxylic acids is 1.